The van der Waals surface area contributed by atoms with Gasteiger partial charge in [0.25, 0.3) is 0 Å². The van der Waals surface area contributed by atoms with Crippen LogP contribution in [0.3, 0.4) is 0 Å². The Labute approximate surface area is 115 Å². The zero-order valence-electron chi connectivity index (χ0n) is 11.4. The lowest BCUT2D eigenvalue weighted by atomic mass is 9.90. The van der Waals surface area contributed by atoms with Crippen LogP contribution in [0.4, 0.5) is 0 Å². The highest BCUT2D eigenvalue weighted by molar-refractivity contribution is 7.98. The molecule has 0 aliphatic carbocycles. The summed E-state index contributed by atoms with van der Waals surface area (Å²) in [6.45, 7) is 5.35. The maximum absolute atomic E-state index is 5.94. The number of hydrogen-bond donors (Lipinski definition) is 1. The first-order valence-electron chi connectivity index (χ1n) is 6.81. The molecule has 2 unspecified atom stereocenters. The highest BCUT2D eigenvalue weighted by Gasteiger charge is 2.26. The van der Waals surface area contributed by atoms with Crippen molar-refractivity contribution >= 4 is 11.8 Å². The molecule has 3 heteroatoms. The van der Waals surface area contributed by atoms with Gasteiger partial charge in [0.05, 0.1) is 0 Å². The molecule has 2 nitrogen and oxygen atoms in total. The first-order valence-corrected chi connectivity index (χ1v) is 8.04. The molecule has 2 atom stereocenters. The first kappa shape index (κ1) is 13.9. The fourth-order valence-electron chi connectivity index (χ4n) is 2.88. The molecule has 18 heavy (non-hydrogen) atoms. The number of nitrogens with zero attached hydrogens (tertiary/aromatic N) is 1. The largest absolute Gasteiger partial charge is 0.329 e. The molecule has 0 saturated carbocycles. The Hall–Kier alpha value is -0.510. The third-order valence-electron chi connectivity index (χ3n) is 4.02. The van der Waals surface area contributed by atoms with E-state index in [4.69, 9.17) is 5.73 Å². The van der Waals surface area contributed by atoms with Crippen LogP contribution in [0.2, 0.25) is 0 Å². The molecule has 0 aromatic heterocycles. The highest BCUT2D eigenvalue weighted by atomic mass is 32.2. The third-order valence-corrected chi connectivity index (χ3v) is 4.76. The van der Waals surface area contributed by atoms with Gasteiger partial charge in [0.1, 0.15) is 0 Å². The van der Waals surface area contributed by atoms with E-state index < -0.39 is 0 Å². The van der Waals surface area contributed by atoms with Gasteiger partial charge in [0.15, 0.2) is 0 Å². The van der Waals surface area contributed by atoms with Gasteiger partial charge in [-0.2, -0.15) is 0 Å². The summed E-state index contributed by atoms with van der Waals surface area (Å²) in [6.07, 6.45) is 4.75. The van der Waals surface area contributed by atoms with Gasteiger partial charge in [-0.05, 0) is 49.3 Å². The minimum absolute atomic E-state index is 0.555. The van der Waals surface area contributed by atoms with Gasteiger partial charge in [-0.1, -0.05) is 19.1 Å². The summed E-state index contributed by atoms with van der Waals surface area (Å²) < 4.78 is 0. The van der Waals surface area contributed by atoms with Crippen molar-refractivity contribution in [2.24, 2.45) is 11.7 Å². The number of benzene rings is 1. The minimum Gasteiger partial charge on any atom is -0.329 e. The maximum atomic E-state index is 5.94. The fraction of sp³-hybridized carbons (Fsp3) is 0.600. The van der Waals surface area contributed by atoms with Gasteiger partial charge >= 0.3 is 0 Å². The fourth-order valence-corrected chi connectivity index (χ4v) is 3.29. The second-order valence-electron chi connectivity index (χ2n) is 5.24. The number of thioether (sulfide) groups is 1. The zero-order chi connectivity index (χ0) is 13.0. The SMILES string of the molecule is CSc1ccc(CN2CCCC(C)C2CN)cc1. The van der Waals surface area contributed by atoms with E-state index in [-0.39, 0.29) is 0 Å². The van der Waals surface area contributed by atoms with Crippen LogP contribution in [0, 0.1) is 5.92 Å². The molecule has 0 bridgehead atoms. The minimum atomic E-state index is 0.555. The van der Waals surface area contributed by atoms with Crippen molar-refractivity contribution in [3.8, 4) is 0 Å². The van der Waals surface area contributed by atoms with Gasteiger partial charge in [0.2, 0.25) is 0 Å². The number of piperidine rings is 1. The van der Waals surface area contributed by atoms with E-state index in [1.165, 1.54) is 29.8 Å². The monoisotopic (exact) mass is 264 g/mol. The van der Waals surface area contributed by atoms with Gasteiger partial charge in [-0.3, -0.25) is 4.90 Å². The molecule has 1 aliphatic heterocycles. The van der Waals surface area contributed by atoms with Crippen LogP contribution in [0.25, 0.3) is 0 Å². The first-order chi connectivity index (χ1) is 8.74. The van der Waals surface area contributed by atoms with E-state index in [1.807, 2.05) is 0 Å². The second-order valence-corrected chi connectivity index (χ2v) is 6.12. The van der Waals surface area contributed by atoms with E-state index >= 15 is 0 Å². The quantitative estimate of drug-likeness (QED) is 0.848. The van der Waals surface area contributed by atoms with E-state index in [2.05, 4.69) is 42.3 Å². The predicted octanol–water partition coefficient (Wildman–Crippen LogP) is 2.97. The summed E-state index contributed by atoms with van der Waals surface area (Å²) in [4.78, 5) is 3.89. The van der Waals surface area contributed by atoms with E-state index in [1.54, 1.807) is 11.8 Å². The number of likely N-dealkylation sites (tertiary alicyclic amines) is 1. The third kappa shape index (κ3) is 3.28. The van der Waals surface area contributed by atoms with E-state index in [9.17, 15) is 0 Å². The molecule has 0 radical (unpaired) electrons. The van der Waals surface area contributed by atoms with Gasteiger partial charge in [-0.15, -0.1) is 11.8 Å². The van der Waals surface area contributed by atoms with Crippen LogP contribution < -0.4 is 5.73 Å². The molecule has 1 heterocycles. The summed E-state index contributed by atoms with van der Waals surface area (Å²) >= 11 is 1.80. The molecule has 1 aliphatic rings. The molecule has 1 fully saturated rings. The zero-order valence-corrected chi connectivity index (χ0v) is 12.2. The normalized spacial score (nSPS) is 25.3. The number of rotatable bonds is 4. The lowest BCUT2D eigenvalue weighted by molar-refractivity contribution is 0.0991. The molecule has 2 N–H and O–H groups in total. The summed E-state index contributed by atoms with van der Waals surface area (Å²) in [7, 11) is 0. The average Bonchev–Trinajstić information content (AvgIpc) is 2.40. The lowest BCUT2D eigenvalue weighted by Gasteiger charge is -2.39. The van der Waals surface area contributed by atoms with Crippen molar-refractivity contribution in [3.63, 3.8) is 0 Å². The van der Waals surface area contributed by atoms with Crippen molar-refractivity contribution in [2.75, 3.05) is 19.3 Å². The molecule has 0 spiro atoms. The summed E-state index contributed by atoms with van der Waals surface area (Å²) in [5.41, 5.74) is 7.34. The van der Waals surface area contributed by atoms with E-state index in [0.29, 0.717) is 6.04 Å². The van der Waals surface area contributed by atoms with Crippen molar-refractivity contribution in [3.05, 3.63) is 29.8 Å². The molecule has 1 saturated heterocycles. The van der Waals surface area contributed by atoms with Crippen LogP contribution in [0.5, 0.6) is 0 Å². The molecule has 1 aromatic carbocycles. The summed E-state index contributed by atoms with van der Waals surface area (Å²) in [5.74, 6) is 0.731. The number of hydrogen-bond acceptors (Lipinski definition) is 3. The highest BCUT2D eigenvalue weighted by Crippen LogP contribution is 2.24. The Balaban J connectivity index is 2.02. The second kappa shape index (κ2) is 6.60. The standard InChI is InChI=1S/C15H24N2S/c1-12-4-3-9-17(15(12)10-16)11-13-5-7-14(18-2)8-6-13/h5-8,12,15H,3-4,9-11,16H2,1-2H3. The van der Waals surface area contributed by atoms with Gasteiger partial charge in [0, 0.05) is 24.0 Å². The van der Waals surface area contributed by atoms with Crippen molar-refractivity contribution in [1.29, 1.82) is 0 Å². The van der Waals surface area contributed by atoms with Crippen LogP contribution in [-0.4, -0.2) is 30.3 Å². The van der Waals surface area contributed by atoms with Crippen LogP contribution >= 0.6 is 11.8 Å². The van der Waals surface area contributed by atoms with Crippen LogP contribution in [0.1, 0.15) is 25.3 Å². The molecule has 1 aromatic rings. The summed E-state index contributed by atoms with van der Waals surface area (Å²) in [5, 5.41) is 0. The molecule has 2 rings (SSSR count). The smallest absolute Gasteiger partial charge is 0.0247 e. The molecular weight excluding hydrogens is 240 g/mol. The number of nitrogens with two attached hydrogens (primary N) is 1. The van der Waals surface area contributed by atoms with E-state index in [0.717, 1.165) is 19.0 Å². The Bertz CT molecular complexity index is 363. The van der Waals surface area contributed by atoms with Gasteiger partial charge < -0.3 is 5.73 Å². The molecular formula is C15H24N2S. The predicted molar refractivity (Wildman–Crippen MR) is 79.9 cm³/mol. The van der Waals surface area contributed by atoms with Crippen LogP contribution in [0.15, 0.2) is 29.2 Å². The average molecular weight is 264 g/mol. The molecule has 100 valence electrons. The Morgan fingerprint density at radius 2 is 2.06 bits per heavy atom. The van der Waals surface area contributed by atoms with Crippen molar-refractivity contribution in [1.82, 2.24) is 4.90 Å². The van der Waals surface area contributed by atoms with Crippen molar-refractivity contribution < 1.29 is 0 Å². The molecule has 0 amide bonds. The Morgan fingerprint density at radius 3 is 2.67 bits per heavy atom. The lowest BCUT2D eigenvalue weighted by Crippen LogP contribution is -2.47. The summed E-state index contributed by atoms with van der Waals surface area (Å²) in [6, 6.07) is 9.48. The topological polar surface area (TPSA) is 29.3 Å². The Morgan fingerprint density at radius 1 is 1.33 bits per heavy atom. The van der Waals surface area contributed by atoms with Crippen molar-refractivity contribution in [2.45, 2.75) is 37.2 Å². The Kier molecular flexibility index (Phi) is 5.10. The van der Waals surface area contributed by atoms with Crippen LogP contribution in [-0.2, 0) is 6.54 Å². The maximum Gasteiger partial charge on any atom is 0.0247 e. The van der Waals surface area contributed by atoms with Gasteiger partial charge in [-0.25, -0.2) is 0 Å².